The van der Waals surface area contributed by atoms with E-state index in [4.69, 9.17) is 4.74 Å². The molecule has 30 heavy (non-hydrogen) atoms. The number of anilines is 1. The fourth-order valence-corrected chi connectivity index (χ4v) is 4.14. The van der Waals surface area contributed by atoms with Gasteiger partial charge in [-0.25, -0.2) is 13.1 Å². The van der Waals surface area contributed by atoms with Gasteiger partial charge >= 0.3 is 0 Å². The summed E-state index contributed by atoms with van der Waals surface area (Å²) < 4.78 is 32.9. The predicted molar refractivity (Wildman–Crippen MR) is 112 cm³/mol. The number of nitro groups is 1. The number of sulfonamides is 1. The molecule has 0 atom stereocenters. The van der Waals surface area contributed by atoms with Gasteiger partial charge in [-0.1, -0.05) is 6.07 Å². The number of benzene rings is 1. The Hall–Kier alpha value is -2.60. The molecule has 11 heteroatoms. The second-order valence-electron chi connectivity index (χ2n) is 6.79. The van der Waals surface area contributed by atoms with Gasteiger partial charge < -0.3 is 10.1 Å². The van der Waals surface area contributed by atoms with Crippen molar-refractivity contribution in [1.29, 1.82) is 0 Å². The summed E-state index contributed by atoms with van der Waals surface area (Å²) in [6.45, 7) is 3.99. The van der Waals surface area contributed by atoms with Crippen LogP contribution in [0.1, 0.15) is 5.69 Å². The van der Waals surface area contributed by atoms with Crippen molar-refractivity contribution in [1.82, 2.24) is 14.6 Å². The number of hydrogen-bond donors (Lipinski definition) is 2. The lowest BCUT2D eigenvalue weighted by atomic mass is 10.2. The van der Waals surface area contributed by atoms with Gasteiger partial charge in [0.15, 0.2) is 0 Å². The lowest BCUT2D eigenvalue weighted by molar-refractivity contribution is -0.384. The molecule has 0 spiro atoms. The Bertz CT molecular complexity index is 949. The van der Waals surface area contributed by atoms with Gasteiger partial charge in [0.25, 0.3) is 5.69 Å². The molecule has 2 heterocycles. The lowest BCUT2D eigenvalue weighted by Crippen LogP contribution is -2.41. The molecule has 162 valence electrons. The zero-order valence-corrected chi connectivity index (χ0v) is 17.3. The Morgan fingerprint density at radius 1 is 1.17 bits per heavy atom. The van der Waals surface area contributed by atoms with E-state index in [-0.39, 0.29) is 22.8 Å². The third kappa shape index (κ3) is 6.20. The summed E-state index contributed by atoms with van der Waals surface area (Å²) in [6, 6.07) is 9.43. The van der Waals surface area contributed by atoms with E-state index >= 15 is 0 Å². The van der Waals surface area contributed by atoms with Crippen LogP contribution in [0.25, 0.3) is 0 Å². The summed E-state index contributed by atoms with van der Waals surface area (Å²) in [4.78, 5) is 17.1. The van der Waals surface area contributed by atoms with Crippen LogP contribution in [0.2, 0.25) is 0 Å². The second-order valence-corrected chi connectivity index (χ2v) is 8.55. The molecular weight excluding hydrogens is 410 g/mol. The quantitative estimate of drug-likeness (QED) is 0.422. The largest absolute Gasteiger partial charge is 0.379 e. The minimum absolute atomic E-state index is 0.133. The molecule has 0 amide bonds. The molecule has 1 aliphatic heterocycles. The Morgan fingerprint density at radius 2 is 1.97 bits per heavy atom. The van der Waals surface area contributed by atoms with Crippen molar-refractivity contribution in [3.63, 3.8) is 0 Å². The van der Waals surface area contributed by atoms with E-state index in [0.717, 1.165) is 24.8 Å². The molecule has 1 aromatic carbocycles. The maximum atomic E-state index is 12.6. The summed E-state index contributed by atoms with van der Waals surface area (Å²) in [5.74, 6) is 0. The van der Waals surface area contributed by atoms with Crippen molar-refractivity contribution in [3.8, 4) is 0 Å². The number of ether oxygens (including phenoxy) is 1. The lowest BCUT2D eigenvalue weighted by Gasteiger charge is -2.26. The normalized spacial score (nSPS) is 15.1. The number of nitrogens with zero attached hydrogens (tertiary/aromatic N) is 3. The van der Waals surface area contributed by atoms with Crippen molar-refractivity contribution in [3.05, 3.63) is 58.4 Å². The Morgan fingerprint density at radius 3 is 2.67 bits per heavy atom. The van der Waals surface area contributed by atoms with Crippen LogP contribution in [0.5, 0.6) is 0 Å². The molecule has 0 aliphatic carbocycles. The molecular formula is C19H25N5O5S. The number of nitro benzene ring substituents is 1. The van der Waals surface area contributed by atoms with E-state index in [1.165, 1.54) is 12.1 Å². The van der Waals surface area contributed by atoms with Gasteiger partial charge in [-0.3, -0.25) is 20.0 Å². The highest BCUT2D eigenvalue weighted by molar-refractivity contribution is 7.89. The zero-order valence-electron chi connectivity index (χ0n) is 16.5. The van der Waals surface area contributed by atoms with E-state index in [2.05, 4.69) is 19.9 Å². The van der Waals surface area contributed by atoms with E-state index in [9.17, 15) is 18.5 Å². The molecule has 2 N–H and O–H groups in total. The summed E-state index contributed by atoms with van der Waals surface area (Å²) >= 11 is 0. The van der Waals surface area contributed by atoms with Gasteiger partial charge in [0.1, 0.15) is 5.69 Å². The number of morpholine rings is 1. The molecule has 10 nitrogen and oxygen atoms in total. The van der Waals surface area contributed by atoms with Crippen molar-refractivity contribution in [2.24, 2.45) is 0 Å². The molecule has 0 bridgehead atoms. The summed E-state index contributed by atoms with van der Waals surface area (Å²) in [5, 5.41) is 14.5. The van der Waals surface area contributed by atoms with Crippen LogP contribution in [-0.2, 0) is 21.2 Å². The smallest absolute Gasteiger partial charge is 0.293 e. The highest BCUT2D eigenvalue weighted by atomic mass is 32.2. The van der Waals surface area contributed by atoms with Crippen LogP contribution >= 0.6 is 0 Å². The molecule has 3 rings (SSSR count). The Kier molecular flexibility index (Phi) is 7.69. The SMILES string of the molecule is O=[N+]([O-])c1cc(S(=O)(=O)NCCN2CCOCC2)ccc1NCCc1ccccn1. The molecule has 0 saturated carbocycles. The first-order chi connectivity index (χ1) is 14.5. The predicted octanol–water partition coefficient (Wildman–Crippen LogP) is 1.25. The third-order valence-electron chi connectivity index (χ3n) is 4.72. The standard InChI is InChI=1S/C19H25N5O5S/c25-24(26)19-15-17(30(27,28)22-9-10-23-11-13-29-14-12-23)4-5-18(19)21-8-6-16-3-1-2-7-20-16/h1-5,7,15,21-22H,6,8-14H2. The molecule has 1 saturated heterocycles. The Labute approximate surface area is 175 Å². The molecule has 1 aliphatic rings. The van der Waals surface area contributed by atoms with Gasteiger partial charge in [0.2, 0.25) is 10.0 Å². The number of nitrogens with one attached hydrogen (secondary N) is 2. The number of rotatable bonds is 10. The van der Waals surface area contributed by atoms with Crippen molar-refractivity contribution < 1.29 is 18.1 Å². The average molecular weight is 436 g/mol. The minimum atomic E-state index is -3.85. The molecule has 2 aromatic rings. The highest BCUT2D eigenvalue weighted by Crippen LogP contribution is 2.27. The topological polar surface area (TPSA) is 127 Å². The zero-order chi connectivity index (χ0) is 21.4. The van der Waals surface area contributed by atoms with Gasteiger partial charge in [0.05, 0.1) is 23.0 Å². The number of pyridine rings is 1. The van der Waals surface area contributed by atoms with Crippen molar-refractivity contribution >= 4 is 21.4 Å². The van der Waals surface area contributed by atoms with Crippen LogP contribution in [0.3, 0.4) is 0 Å². The van der Waals surface area contributed by atoms with Gasteiger partial charge in [-0.15, -0.1) is 0 Å². The maximum absolute atomic E-state index is 12.6. The summed E-state index contributed by atoms with van der Waals surface area (Å²) in [7, 11) is -3.85. The number of hydrogen-bond acceptors (Lipinski definition) is 8. The van der Waals surface area contributed by atoms with Crippen LogP contribution in [0.15, 0.2) is 47.5 Å². The van der Waals surface area contributed by atoms with Crippen LogP contribution in [0, 0.1) is 10.1 Å². The molecule has 1 aromatic heterocycles. The maximum Gasteiger partial charge on any atom is 0.293 e. The fraction of sp³-hybridized carbons (Fsp3) is 0.421. The van der Waals surface area contributed by atoms with E-state index in [1.807, 2.05) is 18.2 Å². The van der Waals surface area contributed by atoms with Crippen LogP contribution in [-0.4, -0.2) is 69.2 Å². The van der Waals surface area contributed by atoms with E-state index in [0.29, 0.717) is 32.7 Å². The third-order valence-corrected chi connectivity index (χ3v) is 6.18. The van der Waals surface area contributed by atoms with Crippen molar-refractivity contribution in [2.45, 2.75) is 11.3 Å². The summed E-state index contributed by atoms with van der Waals surface area (Å²) in [6.07, 6.45) is 2.27. The monoisotopic (exact) mass is 435 g/mol. The molecule has 1 fully saturated rings. The first-order valence-electron chi connectivity index (χ1n) is 9.68. The Balaban J connectivity index is 1.61. The molecule has 0 unspecified atom stereocenters. The van der Waals surface area contributed by atoms with Crippen LogP contribution in [0.4, 0.5) is 11.4 Å². The highest BCUT2D eigenvalue weighted by Gasteiger charge is 2.21. The average Bonchev–Trinajstić information content (AvgIpc) is 2.75. The first kappa shape index (κ1) is 22.1. The minimum Gasteiger partial charge on any atom is -0.379 e. The van der Waals surface area contributed by atoms with Gasteiger partial charge in [0, 0.05) is 57.1 Å². The first-order valence-corrected chi connectivity index (χ1v) is 11.2. The second kappa shape index (κ2) is 10.4. The fourth-order valence-electron chi connectivity index (χ4n) is 3.10. The van der Waals surface area contributed by atoms with Gasteiger partial charge in [-0.2, -0.15) is 0 Å². The van der Waals surface area contributed by atoms with E-state index in [1.54, 1.807) is 6.20 Å². The van der Waals surface area contributed by atoms with E-state index < -0.39 is 14.9 Å². The van der Waals surface area contributed by atoms with Gasteiger partial charge in [-0.05, 0) is 24.3 Å². The molecule has 0 radical (unpaired) electrons. The van der Waals surface area contributed by atoms with Crippen molar-refractivity contribution in [2.75, 3.05) is 51.3 Å². The number of aromatic nitrogens is 1. The van der Waals surface area contributed by atoms with Crippen LogP contribution < -0.4 is 10.0 Å². The summed E-state index contributed by atoms with van der Waals surface area (Å²) in [5.41, 5.74) is 0.839.